The Hall–Kier alpha value is -1.54. The maximum Gasteiger partial charge on any atom is 0.244 e. The number of nitrogens with one attached hydrogen (secondary N) is 1. The number of halogens is 1. The van der Waals surface area contributed by atoms with Gasteiger partial charge < -0.3 is 14.3 Å². The summed E-state index contributed by atoms with van der Waals surface area (Å²) in [6, 6.07) is 7.55. The lowest BCUT2D eigenvalue weighted by molar-refractivity contribution is 0.152. The van der Waals surface area contributed by atoms with Crippen molar-refractivity contribution >= 4 is 21.6 Å². The third-order valence-corrected chi connectivity index (χ3v) is 4.65. The van der Waals surface area contributed by atoms with Gasteiger partial charge in [-0.2, -0.15) is 0 Å². The zero-order chi connectivity index (χ0) is 16.3. The summed E-state index contributed by atoms with van der Waals surface area (Å²) in [5.74, 6) is 1.09. The van der Waals surface area contributed by atoms with E-state index in [1.54, 1.807) is 19.1 Å². The zero-order valence-electron chi connectivity index (χ0n) is 12.0. The van der Waals surface area contributed by atoms with Crippen molar-refractivity contribution in [1.29, 1.82) is 0 Å². The minimum atomic E-state index is -3.88. The third kappa shape index (κ3) is 3.80. The lowest BCUT2D eigenvalue weighted by Gasteiger charge is -2.13. The average molecular weight is 346 g/mol. The lowest BCUT2D eigenvalue weighted by atomic mass is 10.3. The lowest BCUT2D eigenvalue weighted by Crippen LogP contribution is -2.28. The molecule has 120 valence electrons. The van der Waals surface area contributed by atoms with Gasteiger partial charge in [0.25, 0.3) is 0 Å². The summed E-state index contributed by atoms with van der Waals surface area (Å²) < 4.78 is 37.2. The Morgan fingerprint density at radius 3 is 2.68 bits per heavy atom. The van der Waals surface area contributed by atoms with E-state index in [1.165, 1.54) is 25.3 Å². The summed E-state index contributed by atoms with van der Waals surface area (Å²) in [6.07, 6.45) is -1.09. The maximum absolute atomic E-state index is 12.3. The van der Waals surface area contributed by atoms with Crippen LogP contribution in [0.25, 0.3) is 0 Å². The van der Waals surface area contributed by atoms with Gasteiger partial charge in [0.2, 0.25) is 10.0 Å². The summed E-state index contributed by atoms with van der Waals surface area (Å²) in [6.45, 7) is 1.50. The second-order valence-corrected chi connectivity index (χ2v) is 6.78. The van der Waals surface area contributed by atoms with Gasteiger partial charge in [-0.25, -0.2) is 13.1 Å². The highest BCUT2D eigenvalue weighted by molar-refractivity contribution is 7.89. The fraction of sp³-hybridized carbons (Fsp3) is 0.286. The molecular weight excluding hydrogens is 330 g/mol. The molecule has 0 aliphatic rings. The van der Waals surface area contributed by atoms with Gasteiger partial charge in [0.1, 0.15) is 28.3 Å². The van der Waals surface area contributed by atoms with Crippen molar-refractivity contribution in [3.8, 4) is 5.75 Å². The molecular formula is C14H16ClNO5S. The van der Waals surface area contributed by atoms with Crippen LogP contribution in [0.1, 0.15) is 17.6 Å². The van der Waals surface area contributed by atoms with Gasteiger partial charge in [-0.3, -0.25) is 0 Å². The second-order valence-electron chi connectivity index (χ2n) is 4.61. The van der Waals surface area contributed by atoms with Crippen molar-refractivity contribution in [2.75, 3.05) is 13.7 Å². The quantitative estimate of drug-likeness (QED) is 0.838. The van der Waals surface area contributed by atoms with E-state index in [4.69, 9.17) is 20.8 Å². The molecule has 22 heavy (non-hydrogen) atoms. The molecule has 2 aromatic rings. The van der Waals surface area contributed by atoms with Gasteiger partial charge in [-0.05, 0) is 37.3 Å². The molecule has 0 radical (unpaired) electrons. The van der Waals surface area contributed by atoms with Crippen LogP contribution in [0, 0.1) is 6.92 Å². The first kappa shape index (κ1) is 16.8. The van der Waals surface area contributed by atoms with Gasteiger partial charge in [0.15, 0.2) is 0 Å². The highest BCUT2D eigenvalue weighted by Gasteiger charge is 2.22. The summed E-state index contributed by atoms with van der Waals surface area (Å²) in [7, 11) is -2.52. The molecule has 6 nitrogen and oxygen atoms in total. The number of hydrogen-bond donors (Lipinski definition) is 2. The average Bonchev–Trinajstić information content (AvgIpc) is 2.91. The van der Waals surface area contributed by atoms with Gasteiger partial charge in [0, 0.05) is 11.6 Å². The summed E-state index contributed by atoms with van der Waals surface area (Å²) in [5, 5.41) is 10.2. The Balaban J connectivity index is 2.16. The van der Waals surface area contributed by atoms with E-state index in [9.17, 15) is 13.5 Å². The Morgan fingerprint density at radius 1 is 1.36 bits per heavy atom. The molecule has 1 aromatic heterocycles. The van der Waals surface area contributed by atoms with Crippen LogP contribution in [0.5, 0.6) is 5.75 Å². The molecule has 0 amide bonds. The molecule has 0 aliphatic heterocycles. The standard InChI is InChI=1S/C14H16ClNO5S/c1-9-3-5-12(21-9)11(17)8-16-22(18,19)14-7-10(15)4-6-13(14)20-2/h3-7,11,16-17H,8H2,1-2H3/t11-/m1/s1. The number of sulfonamides is 1. The first-order valence-electron chi connectivity index (χ1n) is 6.41. The van der Waals surface area contributed by atoms with E-state index in [2.05, 4.69) is 4.72 Å². The fourth-order valence-corrected chi connectivity index (χ4v) is 3.33. The highest BCUT2D eigenvalue weighted by atomic mass is 35.5. The van der Waals surface area contributed by atoms with Crippen LogP contribution in [-0.4, -0.2) is 27.2 Å². The predicted octanol–water partition coefficient (Wildman–Crippen LogP) is 2.26. The number of furan rings is 1. The topological polar surface area (TPSA) is 88.8 Å². The number of aryl methyl sites for hydroxylation is 1. The number of ether oxygens (including phenoxy) is 1. The van der Waals surface area contributed by atoms with E-state index in [0.29, 0.717) is 11.5 Å². The van der Waals surface area contributed by atoms with Crippen LogP contribution >= 0.6 is 11.6 Å². The van der Waals surface area contributed by atoms with Crippen molar-refractivity contribution in [3.63, 3.8) is 0 Å². The number of benzene rings is 1. The smallest absolute Gasteiger partial charge is 0.244 e. The van der Waals surface area contributed by atoms with Crippen molar-refractivity contribution in [3.05, 3.63) is 46.9 Å². The Bertz CT molecular complexity index is 756. The van der Waals surface area contributed by atoms with Crippen molar-refractivity contribution in [1.82, 2.24) is 4.72 Å². The molecule has 0 aliphatic carbocycles. The van der Waals surface area contributed by atoms with Crippen LogP contribution in [0.15, 0.2) is 39.6 Å². The predicted molar refractivity (Wildman–Crippen MR) is 81.6 cm³/mol. The van der Waals surface area contributed by atoms with E-state index in [-0.39, 0.29) is 22.2 Å². The molecule has 1 atom stereocenters. The number of methoxy groups -OCH3 is 1. The SMILES string of the molecule is COc1ccc(Cl)cc1S(=O)(=O)NC[C@@H](O)c1ccc(C)o1. The molecule has 2 rings (SSSR count). The van der Waals surface area contributed by atoms with Crippen LogP contribution in [0.3, 0.4) is 0 Å². The largest absolute Gasteiger partial charge is 0.495 e. The van der Waals surface area contributed by atoms with Crippen LogP contribution in [0.2, 0.25) is 5.02 Å². The monoisotopic (exact) mass is 345 g/mol. The molecule has 0 saturated carbocycles. The summed E-state index contributed by atoms with van der Waals surface area (Å²) in [4.78, 5) is -0.0923. The van der Waals surface area contributed by atoms with Crippen LogP contribution in [-0.2, 0) is 10.0 Å². The molecule has 0 unspecified atom stereocenters. The molecule has 1 heterocycles. The van der Waals surface area contributed by atoms with Gasteiger partial charge in [0.05, 0.1) is 7.11 Å². The first-order chi connectivity index (χ1) is 10.3. The number of rotatable bonds is 6. The van der Waals surface area contributed by atoms with E-state index >= 15 is 0 Å². The molecule has 1 aromatic carbocycles. The number of aliphatic hydroxyl groups is 1. The minimum absolute atomic E-state index is 0.0923. The number of hydrogen-bond acceptors (Lipinski definition) is 5. The zero-order valence-corrected chi connectivity index (χ0v) is 13.6. The maximum atomic E-state index is 12.3. The Kier molecular flexibility index (Phi) is 5.12. The number of aliphatic hydroxyl groups excluding tert-OH is 1. The van der Waals surface area contributed by atoms with Crippen LogP contribution in [0.4, 0.5) is 0 Å². The molecule has 2 N–H and O–H groups in total. The van der Waals surface area contributed by atoms with Gasteiger partial charge in [-0.1, -0.05) is 11.6 Å². The minimum Gasteiger partial charge on any atom is -0.495 e. The van der Waals surface area contributed by atoms with E-state index < -0.39 is 16.1 Å². The molecule has 0 spiro atoms. The third-order valence-electron chi connectivity index (χ3n) is 2.97. The van der Waals surface area contributed by atoms with E-state index in [1.807, 2.05) is 0 Å². The summed E-state index contributed by atoms with van der Waals surface area (Å²) in [5.41, 5.74) is 0. The van der Waals surface area contributed by atoms with E-state index in [0.717, 1.165) is 0 Å². The molecule has 0 saturated heterocycles. The first-order valence-corrected chi connectivity index (χ1v) is 8.27. The van der Waals surface area contributed by atoms with Gasteiger partial charge in [-0.15, -0.1) is 0 Å². The fourth-order valence-electron chi connectivity index (χ4n) is 1.86. The van der Waals surface area contributed by atoms with Crippen LogP contribution < -0.4 is 9.46 Å². The van der Waals surface area contributed by atoms with Crippen molar-refractivity contribution in [2.45, 2.75) is 17.9 Å². The van der Waals surface area contributed by atoms with Crippen molar-refractivity contribution in [2.24, 2.45) is 0 Å². The Labute approximate surface area is 133 Å². The Morgan fingerprint density at radius 2 is 2.09 bits per heavy atom. The molecule has 0 fully saturated rings. The second kappa shape index (κ2) is 6.70. The molecule has 0 bridgehead atoms. The van der Waals surface area contributed by atoms with Gasteiger partial charge >= 0.3 is 0 Å². The molecule has 8 heteroatoms. The normalized spacial score (nSPS) is 13.1. The summed E-state index contributed by atoms with van der Waals surface area (Å²) >= 11 is 5.83. The van der Waals surface area contributed by atoms with Crippen molar-refractivity contribution < 1.29 is 22.7 Å². The highest BCUT2D eigenvalue weighted by Crippen LogP contribution is 2.27.